The second-order valence-corrected chi connectivity index (χ2v) is 4.09. The maximum Gasteiger partial charge on any atom is 0.307 e. The van der Waals surface area contributed by atoms with E-state index in [0.29, 0.717) is 25.3 Å². The largest absolute Gasteiger partial charge is 0.466 e. The van der Waals surface area contributed by atoms with E-state index in [1.807, 2.05) is 6.92 Å². The lowest BCUT2D eigenvalue weighted by Crippen LogP contribution is -2.34. The van der Waals surface area contributed by atoms with Gasteiger partial charge in [-0.1, -0.05) is 6.92 Å². The number of amides is 1. The highest BCUT2D eigenvalue weighted by atomic mass is 16.5. The minimum Gasteiger partial charge on any atom is -0.466 e. The molecule has 5 nitrogen and oxygen atoms in total. The first-order chi connectivity index (χ1) is 9.19. The summed E-state index contributed by atoms with van der Waals surface area (Å²) in [4.78, 5) is 29.2. The number of ether oxygens (including phenoxy) is 1. The van der Waals surface area contributed by atoms with Crippen LogP contribution < -0.4 is 0 Å². The van der Waals surface area contributed by atoms with Gasteiger partial charge >= 0.3 is 5.97 Å². The third-order valence-electron chi connectivity index (χ3n) is 2.58. The predicted octanol–water partition coefficient (Wildman–Crippen LogP) is 1.89. The van der Waals surface area contributed by atoms with Gasteiger partial charge in [-0.05, 0) is 25.5 Å². The van der Waals surface area contributed by atoms with E-state index in [1.165, 1.54) is 6.20 Å². The van der Waals surface area contributed by atoms with Gasteiger partial charge in [-0.25, -0.2) is 0 Å². The van der Waals surface area contributed by atoms with E-state index in [4.69, 9.17) is 4.74 Å². The lowest BCUT2D eigenvalue weighted by atomic mass is 10.2. The first-order valence-corrected chi connectivity index (χ1v) is 6.54. The highest BCUT2D eigenvalue weighted by molar-refractivity contribution is 5.94. The molecule has 0 unspecified atom stereocenters. The smallest absolute Gasteiger partial charge is 0.307 e. The van der Waals surface area contributed by atoms with Crippen LogP contribution in [0.5, 0.6) is 0 Å². The number of hydrogen-bond donors (Lipinski definition) is 0. The highest BCUT2D eigenvalue weighted by Gasteiger charge is 2.16. The van der Waals surface area contributed by atoms with Crippen molar-refractivity contribution in [3.8, 4) is 0 Å². The zero-order chi connectivity index (χ0) is 14.1. The van der Waals surface area contributed by atoms with Crippen molar-refractivity contribution in [3.63, 3.8) is 0 Å². The second-order valence-electron chi connectivity index (χ2n) is 4.09. The lowest BCUT2D eigenvalue weighted by molar-refractivity contribution is -0.143. The lowest BCUT2D eigenvalue weighted by Gasteiger charge is -2.21. The third kappa shape index (κ3) is 5.07. The third-order valence-corrected chi connectivity index (χ3v) is 2.58. The molecule has 1 rings (SSSR count). The molecule has 0 saturated heterocycles. The van der Waals surface area contributed by atoms with E-state index in [-0.39, 0.29) is 18.3 Å². The van der Waals surface area contributed by atoms with Gasteiger partial charge in [0, 0.05) is 25.5 Å². The van der Waals surface area contributed by atoms with Crippen molar-refractivity contribution in [1.82, 2.24) is 9.88 Å². The van der Waals surface area contributed by atoms with Crippen molar-refractivity contribution in [2.75, 3.05) is 19.7 Å². The zero-order valence-corrected chi connectivity index (χ0v) is 11.5. The number of nitrogens with zero attached hydrogens (tertiary/aromatic N) is 2. The molecule has 0 bridgehead atoms. The summed E-state index contributed by atoms with van der Waals surface area (Å²) in [5.41, 5.74) is 0.541. The summed E-state index contributed by atoms with van der Waals surface area (Å²) in [6.45, 7) is 5.12. The summed E-state index contributed by atoms with van der Waals surface area (Å²) < 4.78 is 4.87. The SMILES string of the molecule is CCCN(CCC(=O)OCC)C(=O)c1cccnc1. The molecule has 1 aromatic heterocycles. The molecule has 0 radical (unpaired) electrons. The molecule has 0 aliphatic heterocycles. The van der Waals surface area contributed by atoms with Crippen molar-refractivity contribution in [2.45, 2.75) is 26.7 Å². The summed E-state index contributed by atoms with van der Waals surface area (Å²) in [7, 11) is 0. The van der Waals surface area contributed by atoms with Crippen LogP contribution in [0, 0.1) is 0 Å². The van der Waals surface area contributed by atoms with E-state index in [0.717, 1.165) is 6.42 Å². The van der Waals surface area contributed by atoms with Crippen LogP contribution in [0.4, 0.5) is 0 Å². The van der Waals surface area contributed by atoms with Crippen molar-refractivity contribution < 1.29 is 14.3 Å². The molecule has 0 spiro atoms. The Morgan fingerprint density at radius 1 is 1.32 bits per heavy atom. The normalized spacial score (nSPS) is 10.0. The molecule has 1 aromatic rings. The van der Waals surface area contributed by atoms with Crippen molar-refractivity contribution in [2.24, 2.45) is 0 Å². The fourth-order valence-corrected chi connectivity index (χ4v) is 1.72. The Morgan fingerprint density at radius 2 is 2.11 bits per heavy atom. The fourth-order valence-electron chi connectivity index (χ4n) is 1.72. The van der Waals surface area contributed by atoms with Gasteiger partial charge in [0.1, 0.15) is 0 Å². The maximum atomic E-state index is 12.2. The Kier molecular flexibility index (Phi) is 6.57. The van der Waals surface area contributed by atoms with Gasteiger partial charge < -0.3 is 9.64 Å². The predicted molar refractivity (Wildman–Crippen MR) is 71.7 cm³/mol. The molecule has 1 amide bonds. The molecular weight excluding hydrogens is 244 g/mol. The monoisotopic (exact) mass is 264 g/mol. The quantitative estimate of drug-likeness (QED) is 0.706. The Labute approximate surface area is 113 Å². The van der Waals surface area contributed by atoms with Crippen LogP contribution in [0.3, 0.4) is 0 Å². The van der Waals surface area contributed by atoms with Gasteiger partial charge in [-0.3, -0.25) is 14.6 Å². The Morgan fingerprint density at radius 3 is 2.68 bits per heavy atom. The average molecular weight is 264 g/mol. The number of aromatic nitrogens is 1. The number of carbonyl (C=O) groups is 2. The van der Waals surface area contributed by atoms with Gasteiger partial charge in [-0.2, -0.15) is 0 Å². The summed E-state index contributed by atoms with van der Waals surface area (Å²) in [5, 5.41) is 0. The summed E-state index contributed by atoms with van der Waals surface area (Å²) >= 11 is 0. The average Bonchev–Trinajstić information content (AvgIpc) is 2.44. The molecule has 0 fully saturated rings. The van der Waals surface area contributed by atoms with Crippen LogP contribution in [0.15, 0.2) is 24.5 Å². The van der Waals surface area contributed by atoms with Crippen LogP contribution in [0.25, 0.3) is 0 Å². The topological polar surface area (TPSA) is 59.5 Å². The minimum absolute atomic E-state index is 0.0979. The standard InChI is InChI=1S/C14H20N2O3/c1-3-9-16(10-7-13(17)19-4-2)14(18)12-6-5-8-15-11-12/h5-6,8,11H,3-4,7,9-10H2,1-2H3. The van der Waals surface area contributed by atoms with E-state index in [9.17, 15) is 9.59 Å². The zero-order valence-electron chi connectivity index (χ0n) is 11.5. The molecule has 104 valence electrons. The number of carbonyl (C=O) groups excluding carboxylic acids is 2. The van der Waals surface area contributed by atoms with Crippen LogP contribution in [-0.2, 0) is 9.53 Å². The Hall–Kier alpha value is -1.91. The second kappa shape index (κ2) is 8.24. The number of esters is 1. The van der Waals surface area contributed by atoms with Gasteiger partial charge in [0.2, 0.25) is 0 Å². The minimum atomic E-state index is -0.275. The van der Waals surface area contributed by atoms with Crippen molar-refractivity contribution in [3.05, 3.63) is 30.1 Å². The first kappa shape index (κ1) is 15.1. The van der Waals surface area contributed by atoms with Gasteiger partial charge in [0.25, 0.3) is 5.91 Å². The summed E-state index contributed by atoms with van der Waals surface area (Å²) in [6.07, 6.45) is 4.23. The van der Waals surface area contributed by atoms with E-state index in [2.05, 4.69) is 4.98 Å². The first-order valence-electron chi connectivity index (χ1n) is 6.54. The van der Waals surface area contributed by atoms with Gasteiger partial charge in [0.05, 0.1) is 18.6 Å². The van der Waals surface area contributed by atoms with E-state index < -0.39 is 0 Å². The molecule has 19 heavy (non-hydrogen) atoms. The van der Waals surface area contributed by atoms with Crippen LogP contribution in [0.2, 0.25) is 0 Å². The van der Waals surface area contributed by atoms with Crippen molar-refractivity contribution in [1.29, 1.82) is 0 Å². The molecule has 0 aliphatic rings. The van der Waals surface area contributed by atoms with Crippen LogP contribution in [0.1, 0.15) is 37.0 Å². The molecule has 5 heteroatoms. The fraction of sp³-hybridized carbons (Fsp3) is 0.500. The number of hydrogen-bond acceptors (Lipinski definition) is 4. The van der Waals surface area contributed by atoms with Gasteiger partial charge in [-0.15, -0.1) is 0 Å². The number of pyridine rings is 1. The molecule has 1 heterocycles. The van der Waals surface area contributed by atoms with Crippen LogP contribution in [-0.4, -0.2) is 41.5 Å². The Bertz CT molecular complexity index is 406. The van der Waals surface area contributed by atoms with Crippen LogP contribution >= 0.6 is 0 Å². The van der Waals surface area contributed by atoms with E-state index >= 15 is 0 Å². The van der Waals surface area contributed by atoms with E-state index in [1.54, 1.807) is 30.2 Å². The van der Waals surface area contributed by atoms with Gasteiger partial charge in [0.15, 0.2) is 0 Å². The molecule has 0 N–H and O–H groups in total. The number of rotatable bonds is 7. The maximum absolute atomic E-state index is 12.2. The van der Waals surface area contributed by atoms with Crippen molar-refractivity contribution >= 4 is 11.9 Å². The molecule has 0 saturated carbocycles. The molecular formula is C14H20N2O3. The summed E-state index contributed by atoms with van der Waals surface area (Å²) in [6, 6.07) is 3.45. The molecule has 0 aromatic carbocycles. The summed E-state index contributed by atoms with van der Waals surface area (Å²) in [5.74, 6) is -0.373. The molecule has 0 atom stereocenters. The Balaban J connectivity index is 2.61. The molecule has 0 aliphatic carbocycles. The highest BCUT2D eigenvalue weighted by Crippen LogP contribution is 2.05.